The fourth-order valence-corrected chi connectivity index (χ4v) is 1.32. The maximum atomic E-state index is 11.5. The molecular formula is C12H18N2O3. The molecular weight excluding hydrogens is 220 g/mol. The van der Waals surface area contributed by atoms with Crippen molar-refractivity contribution in [2.24, 2.45) is 0 Å². The number of benzene rings is 1. The minimum atomic E-state index is -0.251. The largest absolute Gasteiger partial charge is 0.497 e. The van der Waals surface area contributed by atoms with Gasteiger partial charge in [0.25, 0.3) is 0 Å². The van der Waals surface area contributed by atoms with E-state index in [-0.39, 0.29) is 6.03 Å². The molecule has 1 rings (SSSR count). The number of amides is 2. The molecule has 5 heteroatoms. The quantitative estimate of drug-likeness (QED) is 0.827. The summed E-state index contributed by atoms with van der Waals surface area (Å²) in [4.78, 5) is 11.5. The van der Waals surface area contributed by atoms with Crippen LogP contribution < -0.4 is 20.1 Å². The van der Waals surface area contributed by atoms with E-state index >= 15 is 0 Å². The molecule has 0 aliphatic carbocycles. The Morgan fingerprint density at radius 1 is 1.29 bits per heavy atom. The van der Waals surface area contributed by atoms with Gasteiger partial charge >= 0.3 is 6.03 Å². The Morgan fingerprint density at radius 2 is 2.06 bits per heavy atom. The zero-order valence-electron chi connectivity index (χ0n) is 10.4. The van der Waals surface area contributed by atoms with Gasteiger partial charge in [-0.15, -0.1) is 0 Å². The van der Waals surface area contributed by atoms with E-state index in [4.69, 9.17) is 9.47 Å². The van der Waals surface area contributed by atoms with Crippen molar-refractivity contribution in [1.29, 1.82) is 0 Å². The highest BCUT2D eigenvalue weighted by Crippen LogP contribution is 2.28. The van der Waals surface area contributed by atoms with Gasteiger partial charge in [-0.1, -0.05) is 6.92 Å². The van der Waals surface area contributed by atoms with Crippen LogP contribution in [0.15, 0.2) is 18.2 Å². The van der Waals surface area contributed by atoms with E-state index in [2.05, 4.69) is 10.6 Å². The number of carbonyl (C=O) groups excluding carboxylic acids is 1. The first-order valence-electron chi connectivity index (χ1n) is 5.48. The number of anilines is 1. The summed E-state index contributed by atoms with van der Waals surface area (Å²) in [5, 5.41) is 5.44. The van der Waals surface area contributed by atoms with Gasteiger partial charge in [-0.3, -0.25) is 0 Å². The van der Waals surface area contributed by atoms with Crippen LogP contribution in [0.3, 0.4) is 0 Å². The minimum Gasteiger partial charge on any atom is -0.497 e. The number of methoxy groups -OCH3 is 2. The number of rotatable bonds is 5. The van der Waals surface area contributed by atoms with Gasteiger partial charge < -0.3 is 20.1 Å². The van der Waals surface area contributed by atoms with Crippen LogP contribution in [0.1, 0.15) is 13.3 Å². The Labute approximate surface area is 101 Å². The molecule has 0 aromatic heterocycles. The van der Waals surface area contributed by atoms with Gasteiger partial charge in [-0.2, -0.15) is 0 Å². The summed E-state index contributed by atoms with van der Waals surface area (Å²) in [5.41, 5.74) is 0.584. The van der Waals surface area contributed by atoms with Crippen LogP contribution in [-0.2, 0) is 0 Å². The van der Waals surface area contributed by atoms with E-state index in [0.29, 0.717) is 23.7 Å². The van der Waals surface area contributed by atoms with E-state index in [1.807, 2.05) is 6.92 Å². The normalized spacial score (nSPS) is 9.59. The van der Waals surface area contributed by atoms with Crippen molar-refractivity contribution in [3.8, 4) is 11.5 Å². The van der Waals surface area contributed by atoms with Crippen molar-refractivity contribution in [2.45, 2.75) is 13.3 Å². The molecule has 0 fully saturated rings. The lowest BCUT2D eigenvalue weighted by Crippen LogP contribution is -2.29. The van der Waals surface area contributed by atoms with Crippen LogP contribution in [0.2, 0.25) is 0 Å². The van der Waals surface area contributed by atoms with E-state index in [1.54, 1.807) is 32.4 Å². The molecule has 0 saturated heterocycles. The Bertz CT molecular complexity index is 380. The molecule has 0 heterocycles. The first-order chi connectivity index (χ1) is 8.21. The summed E-state index contributed by atoms with van der Waals surface area (Å²) < 4.78 is 10.2. The highest BCUT2D eigenvalue weighted by molar-refractivity contribution is 5.91. The van der Waals surface area contributed by atoms with Crippen molar-refractivity contribution in [3.63, 3.8) is 0 Å². The third-order valence-electron chi connectivity index (χ3n) is 2.19. The summed E-state index contributed by atoms with van der Waals surface area (Å²) in [6.07, 6.45) is 0.892. The fourth-order valence-electron chi connectivity index (χ4n) is 1.32. The summed E-state index contributed by atoms with van der Waals surface area (Å²) in [6.45, 7) is 2.63. The highest BCUT2D eigenvalue weighted by Gasteiger charge is 2.08. The van der Waals surface area contributed by atoms with Crippen LogP contribution in [0.25, 0.3) is 0 Å². The molecule has 5 nitrogen and oxygen atoms in total. The molecule has 17 heavy (non-hydrogen) atoms. The Hall–Kier alpha value is -1.91. The first kappa shape index (κ1) is 13.2. The van der Waals surface area contributed by atoms with Crippen LogP contribution in [0.5, 0.6) is 11.5 Å². The summed E-state index contributed by atoms with van der Waals surface area (Å²) in [7, 11) is 3.12. The maximum Gasteiger partial charge on any atom is 0.319 e. The SMILES string of the molecule is CCCNC(=O)Nc1cc(OC)ccc1OC. The van der Waals surface area contributed by atoms with Gasteiger partial charge in [0.2, 0.25) is 0 Å². The summed E-state index contributed by atoms with van der Waals surface area (Å²) in [6, 6.07) is 4.98. The van der Waals surface area contributed by atoms with E-state index in [9.17, 15) is 4.79 Å². The minimum absolute atomic E-state index is 0.251. The van der Waals surface area contributed by atoms with E-state index < -0.39 is 0 Å². The third kappa shape index (κ3) is 3.86. The summed E-state index contributed by atoms with van der Waals surface area (Å²) in [5.74, 6) is 1.26. The van der Waals surface area contributed by atoms with Gasteiger partial charge in [0.1, 0.15) is 11.5 Å². The third-order valence-corrected chi connectivity index (χ3v) is 2.19. The molecule has 1 aromatic rings. The van der Waals surface area contributed by atoms with E-state index in [0.717, 1.165) is 6.42 Å². The molecule has 0 aliphatic rings. The second-order valence-electron chi connectivity index (χ2n) is 3.45. The number of hydrogen-bond donors (Lipinski definition) is 2. The lowest BCUT2D eigenvalue weighted by molar-refractivity contribution is 0.252. The van der Waals surface area contributed by atoms with Gasteiger partial charge in [0, 0.05) is 12.6 Å². The van der Waals surface area contributed by atoms with Gasteiger partial charge in [-0.25, -0.2) is 4.79 Å². The zero-order valence-corrected chi connectivity index (χ0v) is 10.4. The molecule has 94 valence electrons. The number of ether oxygens (including phenoxy) is 2. The summed E-state index contributed by atoms with van der Waals surface area (Å²) >= 11 is 0. The fraction of sp³-hybridized carbons (Fsp3) is 0.417. The lowest BCUT2D eigenvalue weighted by atomic mass is 10.2. The maximum absolute atomic E-state index is 11.5. The van der Waals surface area contributed by atoms with Gasteiger partial charge in [0.15, 0.2) is 0 Å². The molecule has 0 atom stereocenters. The first-order valence-corrected chi connectivity index (χ1v) is 5.48. The number of nitrogens with one attached hydrogen (secondary N) is 2. The van der Waals surface area contributed by atoms with Crippen LogP contribution in [0, 0.1) is 0 Å². The number of urea groups is 1. The standard InChI is InChI=1S/C12H18N2O3/c1-4-7-13-12(15)14-10-8-9(16-2)5-6-11(10)17-3/h5-6,8H,4,7H2,1-3H3,(H2,13,14,15). The van der Waals surface area contributed by atoms with Crippen LogP contribution in [-0.4, -0.2) is 26.8 Å². The lowest BCUT2D eigenvalue weighted by Gasteiger charge is -2.12. The number of hydrogen-bond acceptors (Lipinski definition) is 3. The second kappa shape index (κ2) is 6.62. The zero-order chi connectivity index (χ0) is 12.7. The average Bonchev–Trinajstić information content (AvgIpc) is 2.36. The molecule has 0 aliphatic heterocycles. The van der Waals surface area contributed by atoms with E-state index in [1.165, 1.54) is 0 Å². The van der Waals surface area contributed by atoms with Crippen LogP contribution >= 0.6 is 0 Å². The van der Waals surface area contributed by atoms with Crippen molar-refractivity contribution in [1.82, 2.24) is 5.32 Å². The second-order valence-corrected chi connectivity index (χ2v) is 3.45. The average molecular weight is 238 g/mol. The van der Waals surface area contributed by atoms with Crippen molar-refractivity contribution >= 4 is 11.7 Å². The molecule has 0 spiro atoms. The molecule has 0 bridgehead atoms. The molecule has 1 aromatic carbocycles. The van der Waals surface area contributed by atoms with Crippen molar-refractivity contribution in [3.05, 3.63) is 18.2 Å². The van der Waals surface area contributed by atoms with Gasteiger partial charge in [0.05, 0.1) is 19.9 Å². The molecule has 0 saturated carbocycles. The van der Waals surface area contributed by atoms with Crippen molar-refractivity contribution < 1.29 is 14.3 Å². The predicted octanol–water partition coefficient (Wildman–Crippen LogP) is 2.24. The monoisotopic (exact) mass is 238 g/mol. The Kier molecular flexibility index (Phi) is 5.13. The number of carbonyl (C=O) groups is 1. The van der Waals surface area contributed by atoms with Crippen molar-refractivity contribution in [2.75, 3.05) is 26.1 Å². The Balaban J connectivity index is 2.76. The molecule has 0 unspecified atom stereocenters. The molecule has 0 radical (unpaired) electrons. The molecule has 2 amide bonds. The topological polar surface area (TPSA) is 59.6 Å². The van der Waals surface area contributed by atoms with Gasteiger partial charge in [-0.05, 0) is 18.6 Å². The highest BCUT2D eigenvalue weighted by atomic mass is 16.5. The Morgan fingerprint density at radius 3 is 2.65 bits per heavy atom. The van der Waals surface area contributed by atoms with Crippen LogP contribution in [0.4, 0.5) is 10.5 Å². The predicted molar refractivity (Wildman–Crippen MR) is 66.9 cm³/mol. The molecule has 2 N–H and O–H groups in total. The smallest absolute Gasteiger partial charge is 0.319 e.